The maximum atomic E-state index is 12.5. The Morgan fingerprint density at radius 3 is 2.71 bits per heavy atom. The first-order valence-electron chi connectivity index (χ1n) is 10.9. The molecule has 0 bridgehead atoms. The van der Waals surface area contributed by atoms with Crippen LogP contribution in [0, 0.1) is 0 Å². The van der Waals surface area contributed by atoms with E-state index < -0.39 is 12.1 Å². The molecule has 3 amide bonds. The third-order valence-electron chi connectivity index (χ3n) is 5.29. The summed E-state index contributed by atoms with van der Waals surface area (Å²) in [7, 11) is 3.51. The number of ether oxygens (including phenoxy) is 3. The second kappa shape index (κ2) is 10.7. The molecule has 10 heteroatoms. The van der Waals surface area contributed by atoms with Gasteiger partial charge in [-0.3, -0.25) is 0 Å². The number of imidazole rings is 1. The summed E-state index contributed by atoms with van der Waals surface area (Å²) in [5, 5.41) is 8.33. The average Bonchev–Trinajstić information content (AvgIpc) is 3.49. The highest BCUT2D eigenvalue weighted by atomic mass is 16.6. The zero-order chi connectivity index (χ0) is 23.9. The van der Waals surface area contributed by atoms with E-state index in [0.717, 1.165) is 16.8 Å². The molecular formula is C24H28N5O5+. The van der Waals surface area contributed by atoms with E-state index in [4.69, 9.17) is 14.2 Å². The summed E-state index contributed by atoms with van der Waals surface area (Å²) in [4.78, 5) is 27.6. The van der Waals surface area contributed by atoms with Crippen molar-refractivity contribution >= 4 is 23.5 Å². The van der Waals surface area contributed by atoms with E-state index in [2.05, 4.69) is 20.9 Å². The Labute approximate surface area is 197 Å². The number of nitrogens with one attached hydrogen (secondary N) is 4. The molecule has 3 aromatic rings. The smallest absolute Gasteiger partial charge is 0.407 e. The number of hydrogen-bond acceptors (Lipinski definition) is 5. The van der Waals surface area contributed by atoms with Crippen molar-refractivity contribution in [1.82, 2.24) is 10.3 Å². The number of benzene rings is 2. The van der Waals surface area contributed by atoms with Gasteiger partial charge in [0.05, 0.1) is 32.9 Å². The molecule has 1 aromatic heterocycles. The van der Waals surface area contributed by atoms with Gasteiger partial charge in [0, 0.05) is 30.4 Å². The molecule has 0 unspecified atom stereocenters. The molecule has 34 heavy (non-hydrogen) atoms. The Balaban J connectivity index is 1.32. The Bertz CT molecular complexity index is 1160. The molecule has 4 rings (SSSR count). The maximum absolute atomic E-state index is 12.5. The van der Waals surface area contributed by atoms with Gasteiger partial charge in [-0.25, -0.2) is 19.1 Å². The second-order valence-electron chi connectivity index (χ2n) is 7.92. The van der Waals surface area contributed by atoms with Crippen LogP contribution in [0.5, 0.6) is 5.75 Å². The molecule has 2 heterocycles. The lowest BCUT2D eigenvalue weighted by Gasteiger charge is -2.13. The molecule has 0 spiro atoms. The summed E-state index contributed by atoms with van der Waals surface area (Å²) < 4.78 is 17.9. The minimum Gasteiger partial charge on any atom is -0.496 e. The lowest BCUT2D eigenvalue weighted by Crippen LogP contribution is -2.28. The van der Waals surface area contributed by atoms with E-state index in [9.17, 15) is 9.59 Å². The maximum Gasteiger partial charge on any atom is 0.407 e. The van der Waals surface area contributed by atoms with Crippen molar-refractivity contribution in [1.29, 1.82) is 0 Å². The van der Waals surface area contributed by atoms with Crippen molar-refractivity contribution in [3.63, 3.8) is 0 Å². The fourth-order valence-electron chi connectivity index (χ4n) is 3.61. The molecule has 1 aliphatic rings. The number of aryl methyl sites for hydroxylation is 1. The summed E-state index contributed by atoms with van der Waals surface area (Å²) >= 11 is 0. The Morgan fingerprint density at radius 1 is 1.18 bits per heavy atom. The number of methoxy groups -OCH3 is 1. The van der Waals surface area contributed by atoms with Gasteiger partial charge in [0.1, 0.15) is 18.1 Å². The molecule has 1 aliphatic heterocycles. The van der Waals surface area contributed by atoms with Gasteiger partial charge in [-0.1, -0.05) is 12.1 Å². The van der Waals surface area contributed by atoms with Gasteiger partial charge in [-0.2, -0.15) is 0 Å². The van der Waals surface area contributed by atoms with E-state index in [1.54, 1.807) is 37.4 Å². The van der Waals surface area contributed by atoms with E-state index in [1.165, 1.54) is 0 Å². The quantitative estimate of drug-likeness (QED) is 0.399. The number of nitrogens with zero attached hydrogens (tertiary/aromatic N) is 1. The van der Waals surface area contributed by atoms with E-state index >= 15 is 0 Å². The number of H-pyrrole nitrogens is 1. The molecule has 0 saturated carbocycles. The van der Waals surface area contributed by atoms with Crippen molar-refractivity contribution in [2.45, 2.75) is 19.1 Å². The Kier molecular flexibility index (Phi) is 7.28. The van der Waals surface area contributed by atoms with Crippen molar-refractivity contribution in [2.24, 2.45) is 7.05 Å². The van der Waals surface area contributed by atoms with Crippen LogP contribution in [0.1, 0.15) is 12.0 Å². The number of hydrogen-bond donors (Lipinski definition) is 4. The first kappa shape index (κ1) is 23.1. The molecule has 1 atom stereocenters. The molecule has 1 saturated heterocycles. The average molecular weight is 467 g/mol. The molecular weight excluding hydrogens is 438 g/mol. The monoisotopic (exact) mass is 466 g/mol. The Hall–Kier alpha value is -4.05. The highest BCUT2D eigenvalue weighted by Gasteiger charge is 2.19. The molecule has 2 aromatic carbocycles. The number of rotatable bonds is 7. The number of carbonyl (C=O) groups is 2. The number of alkyl carbamates (subject to hydrolysis) is 1. The summed E-state index contributed by atoms with van der Waals surface area (Å²) in [6.07, 6.45) is 3.81. The van der Waals surface area contributed by atoms with Crippen LogP contribution in [0.3, 0.4) is 0 Å². The van der Waals surface area contributed by atoms with Crippen molar-refractivity contribution < 1.29 is 28.4 Å². The third-order valence-corrected chi connectivity index (χ3v) is 5.29. The number of aromatic nitrogens is 2. The van der Waals surface area contributed by atoms with Crippen LogP contribution in [-0.4, -0.2) is 43.5 Å². The third kappa shape index (κ3) is 6.04. The molecule has 10 nitrogen and oxygen atoms in total. The number of carbonyl (C=O) groups excluding carboxylic acids is 2. The fraction of sp³-hybridized carbons (Fsp3) is 0.292. The summed E-state index contributed by atoms with van der Waals surface area (Å²) in [5.41, 5.74) is 3.79. The highest BCUT2D eigenvalue weighted by molar-refractivity contribution is 6.00. The summed E-state index contributed by atoms with van der Waals surface area (Å²) in [6, 6.07) is 12.3. The van der Waals surface area contributed by atoms with Crippen molar-refractivity contribution in [3.8, 4) is 17.0 Å². The minimum absolute atomic E-state index is 0.199. The van der Waals surface area contributed by atoms with Crippen molar-refractivity contribution in [2.75, 3.05) is 31.0 Å². The number of anilines is 2. The van der Waals surface area contributed by atoms with Gasteiger partial charge in [0.2, 0.25) is 6.33 Å². The van der Waals surface area contributed by atoms with Gasteiger partial charge in [0.15, 0.2) is 5.69 Å². The first-order chi connectivity index (χ1) is 16.5. The van der Waals surface area contributed by atoms with Crippen LogP contribution < -0.4 is 25.3 Å². The molecule has 0 radical (unpaired) electrons. The van der Waals surface area contributed by atoms with Crippen LogP contribution in [0.4, 0.5) is 21.0 Å². The van der Waals surface area contributed by atoms with Gasteiger partial charge in [-0.05, 0) is 29.8 Å². The van der Waals surface area contributed by atoms with Gasteiger partial charge in [0.25, 0.3) is 0 Å². The number of amides is 3. The van der Waals surface area contributed by atoms with Crippen LogP contribution in [-0.2, 0) is 23.1 Å². The minimum atomic E-state index is -0.489. The van der Waals surface area contributed by atoms with E-state index in [-0.39, 0.29) is 12.6 Å². The zero-order valence-electron chi connectivity index (χ0n) is 19.1. The topological polar surface area (TPSA) is 118 Å². The van der Waals surface area contributed by atoms with Crippen LogP contribution >= 0.6 is 0 Å². The predicted octanol–water partition coefficient (Wildman–Crippen LogP) is 3.17. The number of aromatic amines is 1. The molecule has 178 valence electrons. The summed E-state index contributed by atoms with van der Waals surface area (Å²) in [6.45, 7) is 1.32. The second-order valence-corrected chi connectivity index (χ2v) is 7.92. The molecule has 1 fully saturated rings. The van der Waals surface area contributed by atoms with Gasteiger partial charge < -0.3 is 30.2 Å². The SMILES string of the molecule is COc1cc(NC(=O)Nc2cccc(CNC(=O)O[C@H]3CCOC3)c2)ccc1-c1c[n+](C)c[nH]1. The molecule has 0 aliphatic carbocycles. The van der Waals surface area contributed by atoms with Crippen LogP contribution in [0.2, 0.25) is 0 Å². The summed E-state index contributed by atoms with van der Waals surface area (Å²) in [5.74, 6) is 0.629. The van der Waals surface area contributed by atoms with Crippen LogP contribution in [0.25, 0.3) is 11.3 Å². The highest BCUT2D eigenvalue weighted by Crippen LogP contribution is 2.30. The van der Waals surface area contributed by atoms with E-state index in [0.29, 0.717) is 36.8 Å². The fourth-order valence-corrected chi connectivity index (χ4v) is 3.61. The zero-order valence-corrected chi connectivity index (χ0v) is 19.1. The van der Waals surface area contributed by atoms with Crippen LogP contribution in [0.15, 0.2) is 55.0 Å². The van der Waals surface area contributed by atoms with Gasteiger partial charge >= 0.3 is 12.1 Å². The number of urea groups is 1. The lowest BCUT2D eigenvalue weighted by molar-refractivity contribution is -0.669. The first-order valence-corrected chi connectivity index (χ1v) is 10.9. The standard InChI is InChI=1S/C24H27N5O5/c1-29-13-21(26-15-29)20-7-6-18(11-22(20)32-2)28-23(30)27-17-5-3-4-16(10-17)12-25-24(31)34-19-8-9-33-14-19/h3-7,10-11,13,15,19H,8-9,12,14H2,1-2H3,(H3,25,27,28,30,31)/p+1/t19-/m0/s1. The Morgan fingerprint density at radius 2 is 2.00 bits per heavy atom. The lowest BCUT2D eigenvalue weighted by atomic mass is 10.1. The van der Waals surface area contributed by atoms with Gasteiger partial charge in [-0.15, -0.1) is 0 Å². The molecule has 4 N–H and O–H groups in total. The predicted molar refractivity (Wildman–Crippen MR) is 126 cm³/mol. The van der Waals surface area contributed by atoms with E-state index in [1.807, 2.05) is 36.3 Å². The largest absolute Gasteiger partial charge is 0.496 e. The normalized spacial score (nSPS) is 14.9. The van der Waals surface area contributed by atoms with Crippen molar-refractivity contribution in [3.05, 3.63) is 60.6 Å².